The number of nitrogens with zero attached hydrogens (tertiary/aromatic N) is 1. The van der Waals surface area contributed by atoms with E-state index in [1.807, 2.05) is 29.2 Å². The largest absolute Gasteiger partial charge is 0.333 e. The van der Waals surface area contributed by atoms with Gasteiger partial charge in [0.05, 0.1) is 6.04 Å². The topological polar surface area (TPSA) is 32.3 Å². The van der Waals surface area contributed by atoms with Gasteiger partial charge in [-0.15, -0.1) is 0 Å². The summed E-state index contributed by atoms with van der Waals surface area (Å²) in [6.45, 7) is 2.44. The second kappa shape index (κ2) is 6.15. The monoisotopic (exact) mass is 292 g/mol. The molecule has 1 saturated carbocycles. The number of hydrogen-bond donors (Lipinski definition) is 1. The van der Waals surface area contributed by atoms with E-state index in [0.717, 1.165) is 30.2 Å². The normalized spacial score (nSPS) is 23.4. The van der Waals surface area contributed by atoms with E-state index in [9.17, 15) is 4.79 Å². The Labute approximate surface area is 125 Å². The molecule has 1 aliphatic heterocycles. The van der Waals surface area contributed by atoms with Crippen LogP contribution in [0.25, 0.3) is 0 Å². The van der Waals surface area contributed by atoms with E-state index in [1.54, 1.807) is 0 Å². The first kappa shape index (κ1) is 13.9. The fourth-order valence-electron chi connectivity index (χ4n) is 3.09. The van der Waals surface area contributed by atoms with Gasteiger partial charge in [0.1, 0.15) is 0 Å². The molecule has 20 heavy (non-hydrogen) atoms. The number of rotatable bonds is 3. The van der Waals surface area contributed by atoms with Crippen LogP contribution in [0.3, 0.4) is 0 Å². The van der Waals surface area contributed by atoms with Gasteiger partial charge in [-0.1, -0.05) is 36.2 Å². The van der Waals surface area contributed by atoms with E-state index in [1.165, 1.54) is 19.3 Å². The van der Waals surface area contributed by atoms with Crippen molar-refractivity contribution >= 4 is 17.5 Å². The van der Waals surface area contributed by atoms with E-state index >= 15 is 0 Å². The third-order valence-corrected chi connectivity index (χ3v) is 4.86. The summed E-state index contributed by atoms with van der Waals surface area (Å²) in [7, 11) is 0. The van der Waals surface area contributed by atoms with Gasteiger partial charge >= 0.3 is 0 Å². The molecule has 1 amide bonds. The zero-order valence-corrected chi connectivity index (χ0v) is 12.4. The van der Waals surface area contributed by atoms with Crippen LogP contribution in [0.1, 0.15) is 37.3 Å². The van der Waals surface area contributed by atoms with Crippen molar-refractivity contribution < 1.29 is 4.79 Å². The molecule has 1 heterocycles. The van der Waals surface area contributed by atoms with Gasteiger partial charge in [-0.2, -0.15) is 0 Å². The summed E-state index contributed by atoms with van der Waals surface area (Å²) in [6, 6.07) is 7.93. The molecule has 1 aromatic carbocycles. The van der Waals surface area contributed by atoms with Crippen LogP contribution in [-0.2, 0) is 4.79 Å². The molecule has 108 valence electrons. The Kier molecular flexibility index (Phi) is 4.27. The lowest BCUT2D eigenvalue weighted by molar-refractivity contribution is -0.136. The standard InChI is InChI=1S/C16H21ClN2O/c17-14-7-2-1-6-13(14)15-11-18-8-9-19(15)16(20)10-12-4-3-5-12/h1-2,6-7,12,15,18H,3-5,8-11H2. The summed E-state index contributed by atoms with van der Waals surface area (Å²) in [5, 5.41) is 4.13. The van der Waals surface area contributed by atoms with E-state index in [-0.39, 0.29) is 6.04 Å². The van der Waals surface area contributed by atoms with Gasteiger partial charge in [0.2, 0.25) is 5.91 Å². The van der Waals surface area contributed by atoms with Gasteiger partial charge in [0.25, 0.3) is 0 Å². The third-order valence-electron chi connectivity index (χ3n) is 4.52. The molecular weight excluding hydrogens is 272 g/mol. The molecule has 0 aromatic heterocycles. The molecule has 1 N–H and O–H groups in total. The molecule has 0 radical (unpaired) electrons. The molecule has 1 atom stereocenters. The van der Waals surface area contributed by atoms with Crippen LogP contribution in [0.2, 0.25) is 5.02 Å². The number of carbonyl (C=O) groups is 1. The van der Waals surface area contributed by atoms with E-state index in [2.05, 4.69) is 5.32 Å². The minimum atomic E-state index is 0.0741. The number of nitrogens with one attached hydrogen (secondary N) is 1. The average Bonchev–Trinajstić information content (AvgIpc) is 2.43. The molecule has 1 saturated heterocycles. The first-order valence-corrected chi connectivity index (χ1v) is 7.88. The maximum absolute atomic E-state index is 12.6. The maximum atomic E-state index is 12.6. The Hall–Kier alpha value is -1.06. The number of piperazine rings is 1. The molecule has 1 unspecified atom stereocenters. The smallest absolute Gasteiger partial charge is 0.223 e. The first-order valence-electron chi connectivity index (χ1n) is 7.50. The quantitative estimate of drug-likeness (QED) is 0.929. The van der Waals surface area contributed by atoms with Gasteiger partial charge < -0.3 is 10.2 Å². The Balaban J connectivity index is 1.76. The summed E-state index contributed by atoms with van der Waals surface area (Å²) >= 11 is 6.31. The Morgan fingerprint density at radius 1 is 1.35 bits per heavy atom. The van der Waals surface area contributed by atoms with E-state index in [4.69, 9.17) is 11.6 Å². The highest BCUT2D eigenvalue weighted by Crippen LogP contribution is 2.33. The average molecular weight is 293 g/mol. The number of halogens is 1. The second-order valence-electron chi connectivity index (χ2n) is 5.83. The highest BCUT2D eigenvalue weighted by atomic mass is 35.5. The van der Waals surface area contributed by atoms with Gasteiger partial charge in [-0.25, -0.2) is 0 Å². The highest BCUT2D eigenvalue weighted by molar-refractivity contribution is 6.31. The zero-order valence-electron chi connectivity index (χ0n) is 11.6. The van der Waals surface area contributed by atoms with Crippen molar-refractivity contribution in [2.75, 3.05) is 19.6 Å². The van der Waals surface area contributed by atoms with Gasteiger partial charge in [0.15, 0.2) is 0 Å². The van der Waals surface area contributed by atoms with Crippen LogP contribution in [0.15, 0.2) is 24.3 Å². The van der Waals surface area contributed by atoms with Crippen molar-refractivity contribution in [3.63, 3.8) is 0 Å². The maximum Gasteiger partial charge on any atom is 0.223 e. The van der Waals surface area contributed by atoms with Crippen LogP contribution in [-0.4, -0.2) is 30.4 Å². The molecular formula is C16H21ClN2O. The Morgan fingerprint density at radius 3 is 2.85 bits per heavy atom. The Bertz CT molecular complexity index is 487. The first-order chi connectivity index (χ1) is 9.75. The van der Waals surface area contributed by atoms with Crippen LogP contribution in [0.4, 0.5) is 0 Å². The molecule has 3 nitrogen and oxygen atoms in total. The predicted octanol–water partition coefficient (Wildman–Crippen LogP) is 3.00. The van der Waals surface area contributed by atoms with Gasteiger partial charge in [-0.3, -0.25) is 4.79 Å². The van der Waals surface area contributed by atoms with Crippen LogP contribution < -0.4 is 5.32 Å². The molecule has 2 fully saturated rings. The van der Waals surface area contributed by atoms with Crippen molar-refractivity contribution in [3.05, 3.63) is 34.9 Å². The molecule has 4 heteroatoms. The second-order valence-corrected chi connectivity index (χ2v) is 6.24. The van der Waals surface area contributed by atoms with Gasteiger partial charge in [0, 0.05) is 31.1 Å². The lowest BCUT2D eigenvalue weighted by Crippen LogP contribution is -2.49. The van der Waals surface area contributed by atoms with Crippen LogP contribution >= 0.6 is 11.6 Å². The van der Waals surface area contributed by atoms with E-state index < -0.39 is 0 Å². The summed E-state index contributed by atoms with van der Waals surface area (Å²) in [6.07, 6.45) is 4.43. The van der Waals surface area contributed by atoms with Crippen LogP contribution in [0, 0.1) is 5.92 Å². The van der Waals surface area contributed by atoms with Crippen molar-refractivity contribution in [2.45, 2.75) is 31.7 Å². The number of amides is 1. The Morgan fingerprint density at radius 2 is 2.15 bits per heavy atom. The fourth-order valence-corrected chi connectivity index (χ4v) is 3.35. The SMILES string of the molecule is O=C(CC1CCC1)N1CCNCC1c1ccccc1Cl. The molecule has 1 aromatic rings. The summed E-state index contributed by atoms with van der Waals surface area (Å²) < 4.78 is 0. The molecule has 0 bridgehead atoms. The molecule has 3 rings (SSSR count). The number of carbonyl (C=O) groups excluding carboxylic acids is 1. The fraction of sp³-hybridized carbons (Fsp3) is 0.562. The minimum absolute atomic E-state index is 0.0741. The predicted molar refractivity (Wildman–Crippen MR) is 80.7 cm³/mol. The van der Waals surface area contributed by atoms with Crippen LogP contribution in [0.5, 0.6) is 0 Å². The third kappa shape index (κ3) is 2.84. The minimum Gasteiger partial charge on any atom is -0.333 e. The van der Waals surface area contributed by atoms with Crippen molar-refractivity contribution in [3.8, 4) is 0 Å². The van der Waals surface area contributed by atoms with Crippen molar-refractivity contribution in [1.29, 1.82) is 0 Å². The lowest BCUT2D eigenvalue weighted by Gasteiger charge is -2.38. The summed E-state index contributed by atoms with van der Waals surface area (Å²) in [5.41, 5.74) is 1.06. The molecule has 0 spiro atoms. The summed E-state index contributed by atoms with van der Waals surface area (Å²) in [4.78, 5) is 14.6. The highest BCUT2D eigenvalue weighted by Gasteiger charge is 2.31. The van der Waals surface area contributed by atoms with E-state index in [0.29, 0.717) is 18.2 Å². The molecule has 2 aliphatic rings. The van der Waals surface area contributed by atoms with Crippen molar-refractivity contribution in [2.24, 2.45) is 5.92 Å². The number of hydrogen-bond acceptors (Lipinski definition) is 2. The molecule has 1 aliphatic carbocycles. The van der Waals surface area contributed by atoms with Crippen molar-refractivity contribution in [1.82, 2.24) is 10.2 Å². The van der Waals surface area contributed by atoms with Gasteiger partial charge in [-0.05, 0) is 30.4 Å². The zero-order chi connectivity index (χ0) is 13.9. The lowest BCUT2D eigenvalue weighted by atomic mass is 9.82. The summed E-state index contributed by atoms with van der Waals surface area (Å²) in [5.74, 6) is 0.908. The number of benzene rings is 1.